The van der Waals surface area contributed by atoms with Gasteiger partial charge in [0, 0.05) is 0 Å². The number of aryl methyl sites for hydroxylation is 2. The number of nitrogens with zero attached hydrogens (tertiary/aromatic N) is 3. The molecule has 0 radical (unpaired) electrons. The number of hydrazone groups is 1. The van der Waals surface area contributed by atoms with Crippen LogP contribution in [-0.4, -0.2) is 29.0 Å². The molecular weight excluding hydrogens is 540 g/mol. The van der Waals surface area contributed by atoms with E-state index < -0.39 is 0 Å². The van der Waals surface area contributed by atoms with E-state index in [-0.39, 0.29) is 12.5 Å². The molecule has 0 spiro atoms. The lowest BCUT2D eigenvalue weighted by Crippen LogP contribution is -2.24. The molecule has 32 heavy (non-hydrogen) atoms. The maximum Gasteiger partial charge on any atom is 0.261 e. The number of carbonyl (C=O) groups is 1. The van der Waals surface area contributed by atoms with Gasteiger partial charge in [-0.1, -0.05) is 24.3 Å². The first-order valence-corrected chi connectivity index (χ1v) is 11.4. The summed E-state index contributed by atoms with van der Waals surface area (Å²) < 4.78 is 14.8. The summed E-state index contributed by atoms with van der Waals surface area (Å²) in [6.45, 7) is 6.32. The molecule has 2 aromatic carbocycles. The first kappa shape index (κ1) is 24.0. The standard InChI is InChI=1S/C23H24Br2N4O3/c1-14-7-5-6-8-18(14)13-32-23-19(24)9-17(10-20(23)31-4)11-26-27-21(30)12-29-16(3)22(25)15(2)28-29/h5-11H,12-13H2,1-4H3,(H,27,30). The lowest BCUT2D eigenvalue weighted by atomic mass is 10.1. The Hall–Kier alpha value is -2.65. The molecule has 1 aromatic heterocycles. The van der Waals surface area contributed by atoms with Crippen molar-refractivity contribution in [2.45, 2.75) is 33.9 Å². The number of carbonyl (C=O) groups excluding carboxylic acids is 1. The fourth-order valence-electron chi connectivity index (χ4n) is 3.06. The molecule has 0 unspecified atom stereocenters. The van der Waals surface area contributed by atoms with Crippen LogP contribution >= 0.6 is 31.9 Å². The van der Waals surface area contributed by atoms with Gasteiger partial charge in [-0.25, -0.2) is 5.43 Å². The Kier molecular flexibility index (Phi) is 8.09. The third-order valence-corrected chi connectivity index (χ3v) is 6.61. The largest absolute Gasteiger partial charge is 0.493 e. The van der Waals surface area contributed by atoms with Gasteiger partial charge in [-0.2, -0.15) is 10.2 Å². The maximum atomic E-state index is 12.2. The lowest BCUT2D eigenvalue weighted by molar-refractivity contribution is -0.121. The van der Waals surface area contributed by atoms with Gasteiger partial charge in [0.05, 0.1) is 33.7 Å². The van der Waals surface area contributed by atoms with Crippen LogP contribution in [0.5, 0.6) is 11.5 Å². The second kappa shape index (κ2) is 10.8. The van der Waals surface area contributed by atoms with Crippen molar-refractivity contribution in [1.82, 2.24) is 15.2 Å². The minimum atomic E-state index is -0.274. The third-order valence-electron chi connectivity index (χ3n) is 4.87. The fourth-order valence-corrected chi connectivity index (χ4v) is 3.91. The van der Waals surface area contributed by atoms with Crippen molar-refractivity contribution in [2.75, 3.05) is 7.11 Å². The predicted octanol–water partition coefficient (Wildman–Crippen LogP) is 5.07. The second-order valence-electron chi connectivity index (χ2n) is 7.18. The summed E-state index contributed by atoms with van der Waals surface area (Å²) in [6, 6.07) is 11.7. The zero-order valence-electron chi connectivity index (χ0n) is 18.3. The van der Waals surface area contributed by atoms with Gasteiger partial charge in [-0.3, -0.25) is 9.48 Å². The molecule has 9 heteroatoms. The van der Waals surface area contributed by atoms with Crippen LogP contribution in [0.3, 0.4) is 0 Å². The second-order valence-corrected chi connectivity index (χ2v) is 8.83. The molecule has 0 aliphatic rings. The molecule has 3 aromatic rings. The number of benzene rings is 2. The molecule has 168 valence electrons. The molecule has 7 nitrogen and oxygen atoms in total. The van der Waals surface area contributed by atoms with E-state index in [1.54, 1.807) is 24.1 Å². The summed E-state index contributed by atoms with van der Waals surface area (Å²) in [4.78, 5) is 12.2. The SMILES string of the molecule is COc1cc(C=NNC(=O)Cn2nc(C)c(Br)c2C)cc(Br)c1OCc1ccccc1C. The van der Waals surface area contributed by atoms with Crippen LogP contribution < -0.4 is 14.9 Å². The monoisotopic (exact) mass is 562 g/mol. The molecule has 0 aliphatic carbocycles. The molecule has 0 aliphatic heterocycles. The smallest absolute Gasteiger partial charge is 0.261 e. The predicted molar refractivity (Wildman–Crippen MR) is 131 cm³/mol. The highest BCUT2D eigenvalue weighted by Gasteiger charge is 2.13. The van der Waals surface area contributed by atoms with Gasteiger partial charge in [0.1, 0.15) is 13.2 Å². The highest BCUT2D eigenvalue weighted by Crippen LogP contribution is 2.37. The first-order valence-electron chi connectivity index (χ1n) is 9.86. The molecule has 1 N–H and O–H groups in total. The molecule has 0 bridgehead atoms. The van der Waals surface area contributed by atoms with Gasteiger partial charge in [0.2, 0.25) is 0 Å². The van der Waals surface area contributed by atoms with Gasteiger partial charge >= 0.3 is 0 Å². The summed E-state index contributed by atoms with van der Waals surface area (Å²) >= 11 is 7.00. The zero-order chi connectivity index (χ0) is 23.3. The Morgan fingerprint density at radius 2 is 1.97 bits per heavy atom. The topological polar surface area (TPSA) is 77.7 Å². The molecule has 0 atom stereocenters. The summed E-state index contributed by atoms with van der Waals surface area (Å²) in [5.41, 5.74) is 7.25. The van der Waals surface area contributed by atoms with Crippen LogP contribution in [0.1, 0.15) is 28.1 Å². The van der Waals surface area contributed by atoms with E-state index in [0.29, 0.717) is 18.1 Å². The van der Waals surface area contributed by atoms with E-state index in [2.05, 4.69) is 47.5 Å². The van der Waals surface area contributed by atoms with Crippen LogP contribution in [0, 0.1) is 20.8 Å². The van der Waals surface area contributed by atoms with Crippen LogP contribution in [-0.2, 0) is 17.9 Å². The van der Waals surface area contributed by atoms with Crippen molar-refractivity contribution in [3.63, 3.8) is 0 Å². The van der Waals surface area contributed by atoms with Gasteiger partial charge < -0.3 is 9.47 Å². The Morgan fingerprint density at radius 1 is 1.22 bits per heavy atom. The van der Waals surface area contributed by atoms with E-state index >= 15 is 0 Å². The van der Waals surface area contributed by atoms with Crippen molar-refractivity contribution < 1.29 is 14.3 Å². The first-order chi connectivity index (χ1) is 15.3. The van der Waals surface area contributed by atoms with Crippen LogP contribution in [0.25, 0.3) is 0 Å². The Morgan fingerprint density at radius 3 is 2.62 bits per heavy atom. The molecule has 0 fully saturated rings. The molecule has 1 amide bonds. The summed E-state index contributed by atoms with van der Waals surface area (Å²) in [6.07, 6.45) is 1.55. The Labute approximate surface area is 204 Å². The van der Waals surface area contributed by atoms with Crippen molar-refractivity contribution in [3.8, 4) is 11.5 Å². The quantitative estimate of drug-likeness (QED) is 0.306. The average molecular weight is 564 g/mol. The number of methoxy groups -OCH3 is 1. The van der Waals surface area contributed by atoms with E-state index in [1.165, 1.54) is 0 Å². The lowest BCUT2D eigenvalue weighted by Gasteiger charge is -2.14. The number of ether oxygens (including phenoxy) is 2. The number of nitrogens with one attached hydrogen (secondary N) is 1. The van der Waals surface area contributed by atoms with Gasteiger partial charge in [0.15, 0.2) is 11.5 Å². The Balaban J connectivity index is 1.65. The van der Waals surface area contributed by atoms with Crippen molar-refractivity contribution in [2.24, 2.45) is 5.10 Å². The molecule has 3 rings (SSSR count). The highest BCUT2D eigenvalue weighted by molar-refractivity contribution is 9.10. The van der Waals surface area contributed by atoms with Gasteiger partial charge in [-0.05, 0) is 81.5 Å². The summed E-state index contributed by atoms with van der Waals surface area (Å²) in [5, 5.41) is 8.38. The average Bonchev–Trinajstić information content (AvgIpc) is 3.00. The van der Waals surface area contributed by atoms with E-state index in [4.69, 9.17) is 9.47 Å². The van der Waals surface area contributed by atoms with Crippen LogP contribution in [0.15, 0.2) is 50.4 Å². The zero-order valence-corrected chi connectivity index (χ0v) is 21.4. The van der Waals surface area contributed by atoms with E-state index in [9.17, 15) is 4.79 Å². The highest BCUT2D eigenvalue weighted by atomic mass is 79.9. The number of amides is 1. The van der Waals surface area contributed by atoms with Crippen molar-refractivity contribution in [3.05, 3.63) is 73.4 Å². The van der Waals surface area contributed by atoms with Crippen molar-refractivity contribution in [1.29, 1.82) is 0 Å². The summed E-state index contributed by atoms with van der Waals surface area (Å²) in [5.74, 6) is 0.892. The van der Waals surface area contributed by atoms with Crippen LogP contribution in [0.4, 0.5) is 0 Å². The van der Waals surface area contributed by atoms with Crippen molar-refractivity contribution >= 4 is 44.0 Å². The molecular formula is C23H24Br2N4O3. The van der Waals surface area contributed by atoms with E-state index in [0.717, 1.165) is 37.0 Å². The number of rotatable bonds is 8. The summed E-state index contributed by atoms with van der Waals surface area (Å²) in [7, 11) is 1.58. The number of aromatic nitrogens is 2. The number of hydrogen-bond donors (Lipinski definition) is 1. The third kappa shape index (κ3) is 5.77. The molecule has 0 saturated heterocycles. The van der Waals surface area contributed by atoms with Gasteiger partial charge in [0.25, 0.3) is 5.91 Å². The molecule has 1 heterocycles. The minimum absolute atomic E-state index is 0.0777. The van der Waals surface area contributed by atoms with Crippen LogP contribution in [0.2, 0.25) is 0 Å². The molecule has 0 saturated carbocycles. The fraction of sp³-hybridized carbons (Fsp3) is 0.261. The Bertz CT molecular complexity index is 1160. The number of hydrogen-bond acceptors (Lipinski definition) is 5. The minimum Gasteiger partial charge on any atom is -0.493 e. The normalized spacial score (nSPS) is 11.1. The number of halogens is 2. The van der Waals surface area contributed by atoms with Gasteiger partial charge in [-0.15, -0.1) is 0 Å². The van der Waals surface area contributed by atoms with E-state index in [1.807, 2.05) is 51.1 Å². The maximum absolute atomic E-state index is 12.2.